The minimum Gasteiger partial charge on any atom is -0.344 e. The van der Waals surface area contributed by atoms with E-state index in [1.54, 1.807) is 18.1 Å². The number of benzene rings is 1. The minimum atomic E-state index is 0.000708. The molecule has 0 unspecified atom stereocenters. The molecule has 2 aromatic rings. The molecule has 0 aliphatic heterocycles. The maximum atomic E-state index is 12.1. The van der Waals surface area contributed by atoms with Crippen LogP contribution in [-0.2, 0) is 4.79 Å². The Labute approximate surface area is 140 Å². The fourth-order valence-electron chi connectivity index (χ4n) is 2.14. The van der Waals surface area contributed by atoms with E-state index in [9.17, 15) is 4.79 Å². The van der Waals surface area contributed by atoms with E-state index in [2.05, 4.69) is 37.0 Å². The first-order valence-corrected chi connectivity index (χ1v) is 8.36. The van der Waals surface area contributed by atoms with E-state index in [0.29, 0.717) is 18.7 Å². The molecule has 23 heavy (non-hydrogen) atoms. The molecule has 1 aromatic carbocycles. The van der Waals surface area contributed by atoms with Gasteiger partial charge in [0.1, 0.15) is 0 Å². The second-order valence-corrected chi connectivity index (χ2v) is 6.32. The third kappa shape index (κ3) is 4.36. The van der Waals surface area contributed by atoms with Gasteiger partial charge in [0.25, 0.3) is 0 Å². The summed E-state index contributed by atoms with van der Waals surface area (Å²) in [6.07, 6.45) is 4.01. The Balaban J connectivity index is 2.09. The molecule has 1 heterocycles. The average molecular weight is 328 g/mol. The van der Waals surface area contributed by atoms with Gasteiger partial charge in [-0.3, -0.25) is 9.36 Å². The van der Waals surface area contributed by atoms with Crippen LogP contribution in [0.25, 0.3) is 5.69 Å². The first-order valence-electron chi connectivity index (χ1n) is 7.37. The molecule has 1 amide bonds. The SMILES string of the molecule is Cc1ccc(C)c(-n2ccnc2SCC(=O)N(C)CCC#N)c1. The largest absolute Gasteiger partial charge is 0.344 e. The monoisotopic (exact) mass is 328 g/mol. The molecule has 2 rings (SSSR count). The Morgan fingerprint density at radius 3 is 2.96 bits per heavy atom. The summed E-state index contributed by atoms with van der Waals surface area (Å²) in [5.41, 5.74) is 3.42. The van der Waals surface area contributed by atoms with E-state index in [1.807, 2.05) is 16.8 Å². The van der Waals surface area contributed by atoms with Gasteiger partial charge in [0.2, 0.25) is 5.91 Å². The van der Waals surface area contributed by atoms with Crippen LogP contribution in [0.4, 0.5) is 0 Å². The fraction of sp³-hybridized carbons (Fsp3) is 0.353. The number of carbonyl (C=O) groups is 1. The van der Waals surface area contributed by atoms with Crippen LogP contribution in [0.5, 0.6) is 0 Å². The number of amides is 1. The topological polar surface area (TPSA) is 61.9 Å². The molecule has 0 radical (unpaired) electrons. The standard InChI is InChI=1S/C17H20N4OS/c1-13-5-6-14(2)15(11-13)21-10-8-19-17(21)23-12-16(22)20(3)9-4-7-18/h5-6,8,10-11H,4,9,12H2,1-3H3. The van der Waals surface area contributed by atoms with Gasteiger partial charge in [0.05, 0.1) is 23.9 Å². The van der Waals surface area contributed by atoms with Crippen LogP contribution in [-0.4, -0.2) is 39.7 Å². The van der Waals surface area contributed by atoms with E-state index < -0.39 is 0 Å². The maximum Gasteiger partial charge on any atom is 0.232 e. The third-order valence-electron chi connectivity index (χ3n) is 3.54. The van der Waals surface area contributed by atoms with E-state index >= 15 is 0 Å². The Bertz CT molecular complexity index is 732. The van der Waals surface area contributed by atoms with Gasteiger partial charge < -0.3 is 4.90 Å². The molecule has 0 fully saturated rings. The molecule has 0 atom stereocenters. The zero-order valence-corrected chi connectivity index (χ0v) is 14.4. The Kier molecular flexibility index (Phi) is 5.83. The lowest BCUT2D eigenvalue weighted by Gasteiger charge is -2.15. The predicted octanol–water partition coefficient (Wildman–Crippen LogP) is 2.95. The minimum absolute atomic E-state index is 0.000708. The second kappa shape index (κ2) is 7.84. The molecule has 0 aliphatic carbocycles. The highest BCUT2D eigenvalue weighted by molar-refractivity contribution is 7.99. The van der Waals surface area contributed by atoms with E-state index in [4.69, 9.17) is 5.26 Å². The zero-order chi connectivity index (χ0) is 16.8. The summed E-state index contributed by atoms with van der Waals surface area (Å²) in [6.45, 7) is 4.58. The summed E-state index contributed by atoms with van der Waals surface area (Å²) in [7, 11) is 1.72. The molecule has 0 saturated carbocycles. The molecule has 0 spiro atoms. The second-order valence-electron chi connectivity index (χ2n) is 5.38. The van der Waals surface area contributed by atoms with Crippen LogP contribution >= 0.6 is 11.8 Å². The fourth-order valence-corrected chi connectivity index (χ4v) is 3.04. The third-order valence-corrected chi connectivity index (χ3v) is 4.49. The number of carbonyl (C=O) groups excluding carboxylic acids is 1. The highest BCUT2D eigenvalue weighted by atomic mass is 32.2. The molecule has 0 saturated heterocycles. The smallest absolute Gasteiger partial charge is 0.232 e. The van der Waals surface area contributed by atoms with E-state index in [-0.39, 0.29) is 5.91 Å². The first-order chi connectivity index (χ1) is 11.0. The van der Waals surface area contributed by atoms with Crippen molar-refractivity contribution < 1.29 is 4.79 Å². The van der Waals surface area contributed by atoms with Gasteiger partial charge in [-0.15, -0.1) is 0 Å². The summed E-state index contributed by atoms with van der Waals surface area (Å²) in [5.74, 6) is 0.310. The lowest BCUT2D eigenvalue weighted by molar-refractivity contribution is -0.127. The Morgan fingerprint density at radius 1 is 1.43 bits per heavy atom. The molecule has 1 aromatic heterocycles. The number of aryl methyl sites for hydroxylation is 2. The van der Waals surface area contributed by atoms with Crippen LogP contribution in [0.2, 0.25) is 0 Å². The average Bonchev–Trinajstić information content (AvgIpc) is 3.00. The molecule has 6 heteroatoms. The molecule has 0 bridgehead atoms. The number of nitriles is 1. The van der Waals surface area contributed by atoms with Crippen molar-refractivity contribution in [3.63, 3.8) is 0 Å². The molecular weight excluding hydrogens is 308 g/mol. The van der Waals surface area contributed by atoms with Crippen molar-refractivity contribution in [3.8, 4) is 11.8 Å². The van der Waals surface area contributed by atoms with Crippen molar-refractivity contribution in [1.29, 1.82) is 5.26 Å². The number of nitrogens with zero attached hydrogens (tertiary/aromatic N) is 4. The molecule has 120 valence electrons. The van der Waals surface area contributed by atoms with Crippen LogP contribution in [0.3, 0.4) is 0 Å². The molecule has 5 nitrogen and oxygen atoms in total. The molecule has 0 N–H and O–H groups in total. The van der Waals surface area contributed by atoms with Crippen LogP contribution in [0.1, 0.15) is 17.5 Å². The van der Waals surface area contributed by atoms with Crippen molar-refractivity contribution in [3.05, 3.63) is 41.7 Å². The maximum absolute atomic E-state index is 12.1. The number of hydrogen-bond donors (Lipinski definition) is 0. The summed E-state index contributed by atoms with van der Waals surface area (Å²) >= 11 is 1.41. The van der Waals surface area contributed by atoms with Crippen LogP contribution in [0.15, 0.2) is 35.7 Å². The number of hydrogen-bond acceptors (Lipinski definition) is 4. The van der Waals surface area contributed by atoms with Gasteiger partial charge in [0, 0.05) is 26.0 Å². The van der Waals surface area contributed by atoms with Gasteiger partial charge in [-0.25, -0.2) is 4.98 Å². The van der Waals surface area contributed by atoms with E-state index in [1.165, 1.54) is 17.3 Å². The van der Waals surface area contributed by atoms with Crippen molar-refractivity contribution in [1.82, 2.24) is 14.5 Å². The normalized spacial score (nSPS) is 10.3. The molecular formula is C17H20N4OS. The lowest BCUT2D eigenvalue weighted by Crippen LogP contribution is -2.29. The van der Waals surface area contributed by atoms with Gasteiger partial charge in [-0.05, 0) is 31.0 Å². The van der Waals surface area contributed by atoms with Gasteiger partial charge >= 0.3 is 0 Å². The van der Waals surface area contributed by atoms with Gasteiger partial charge in [-0.2, -0.15) is 5.26 Å². The number of imidazole rings is 1. The van der Waals surface area contributed by atoms with Crippen LogP contribution < -0.4 is 0 Å². The number of aromatic nitrogens is 2. The summed E-state index contributed by atoms with van der Waals surface area (Å²) < 4.78 is 2.01. The summed E-state index contributed by atoms with van der Waals surface area (Å²) in [4.78, 5) is 18.0. The van der Waals surface area contributed by atoms with Crippen molar-refractivity contribution in [2.75, 3.05) is 19.3 Å². The Morgan fingerprint density at radius 2 is 2.22 bits per heavy atom. The van der Waals surface area contributed by atoms with Crippen LogP contribution in [0, 0.1) is 25.2 Å². The highest BCUT2D eigenvalue weighted by Crippen LogP contribution is 2.23. The van der Waals surface area contributed by atoms with Gasteiger partial charge in [0.15, 0.2) is 5.16 Å². The quantitative estimate of drug-likeness (QED) is 0.765. The predicted molar refractivity (Wildman–Crippen MR) is 91.6 cm³/mol. The lowest BCUT2D eigenvalue weighted by atomic mass is 10.1. The number of thioether (sulfide) groups is 1. The highest BCUT2D eigenvalue weighted by Gasteiger charge is 2.13. The van der Waals surface area contributed by atoms with Crippen molar-refractivity contribution in [2.45, 2.75) is 25.4 Å². The van der Waals surface area contributed by atoms with Crippen molar-refractivity contribution >= 4 is 17.7 Å². The van der Waals surface area contributed by atoms with Crippen molar-refractivity contribution in [2.24, 2.45) is 0 Å². The first kappa shape index (κ1) is 17.1. The van der Waals surface area contributed by atoms with Gasteiger partial charge in [-0.1, -0.05) is 23.9 Å². The molecule has 0 aliphatic rings. The summed E-state index contributed by atoms with van der Waals surface area (Å²) in [6, 6.07) is 8.32. The summed E-state index contributed by atoms with van der Waals surface area (Å²) in [5, 5.41) is 9.37. The van der Waals surface area contributed by atoms with E-state index in [0.717, 1.165) is 16.4 Å². The number of rotatable bonds is 6. The Hall–Kier alpha value is -2.26. The zero-order valence-electron chi connectivity index (χ0n) is 13.6.